The third-order valence-electron chi connectivity index (χ3n) is 10.1. The molecular weight excluding hydrogens is 960 g/mol. The number of carbonyl (C=O) groups excluding carboxylic acids is 8. The molecule has 4 aliphatic heterocycles. The van der Waals surface area contributed by atoms with Gasteiger partial charge in [-0.05, 0) is 0 Å². The number of hydrogen-bond donors (Lipinski definition) is 8. The third-order valence-corrected chi connectivity index (χ3v) is 10.1. The number of rotatable bonds is 16. The highest BCUT2D eigenvalue weighted by atomic mass is 16.8. The monoisotopic (exact) mass is 1020 g/mol. The standard InChI is InChI=1S/C28H38O19.C12H22O11/c1-11(29)37-9-19-21(39-13(3)31)23(40-14(4)32)26(43-17(7)35)28(46-19)47-22-20(10-38-12(2)30)45-27(44-18(8)36)25(42-16(6)34)24(22)41-15(5)33;13-1-3-5(15)6(16)9(19)12(22-3)23-10-4(2-14)21-11(20)8(18)7(10)17/h19-28H,9-10H2,1-8H3;3-20H,1-2H2/t19-,20-,21-,22-,23+,24+,25-,26-,27-,28+;3-,4-,5-,6+,7-,8-,9-,10-,11-,12+/m11/s1. The smallest absolute Gasteiger partial charge is 0.305 e. The second-order valence-corrected chi connectivity index (χ2v) is 15.8. The number of hydrogen-bond acceptors (Lipinski definition) is 30. The Morgan fingerprint density at radius 2 is 0.729 bits per heavy atom. The van der Waals surface area contributed by atoms with Crippen LogP contribution in [0.1, 0.15) is 55.4 Å². The second kappa shape index (κ2) is 27.1. The summed E-state index contributed by atoms with van der Waals surface area (Å²) in [6.45, 7) is 5.70. The molecule has 30 nitrogen and oxygen atoms in total. The van der Waals surface area contributed by atoms with Gasteiger partial charge in [0.05, 0.1) is 13.2 Å². The largest absolute Gasteiger partial charge is 0.463 e. The lowest BCUT2D eigenvalue weighted by atomic mass is 9.96. The number of ether oxygens (including phenoxy) is 14. The predicted octanol–water partition coefficient (Wildman–Crippen LogP) is -6.23. The van der Waals surface area contributed by atoms with Gasteiger partial charge in [0.15, 0.2) is 43.3 Å². The van der Waals surface area contributed by atoms with Gasteiger partial charge < -0.3 is 107 Å². The summed E-state index contributed by atoms with van der Waals surface area (Å²) in [4.78, 5) is 96.3. The van der Waals surface area contributed by atoms with Gasteiger partial charge in [-0.25, -0.2) is 0 Å². The van der Waals surface area contributed by atoms with Crippen LogP contribution in [0.15, 0.2) is 0 Å². The van der Waals surface area contributed by atoms with Gasteiger partial charge in [-0.3, -0.25) is 38.4 Å². The average molecular weight is 1020 g/mol. The molecule has 30 heteroatoms. The number of aliphatic hydroxyl groups is 8. The maximum atomic E-state index is 12.3. The molecule has 0 spiro atoms. The highest BCUT2D eigenvalue weighted by Gasteiger charge is 2.58. The molecule has 0 aromatic carbocycles. The van der Waals surface area contributed by atoms with E-state index in [2.05, 4.69) is 0 Å². The summed E-state index contributed by atoms with van der Waals surface area (Å²) in [5.41, 5.74) is 0. The Kier molecular flexibility index (Phi) is 23.1. The van der Waals surface area contributed by atoms with Crippen LogP contribution in [0.25, 0.3) is 0 Å². The van der Waals surface area contributed by atoms with Crippen molar-refractivity contribution in [3.05, 3.63) is 0 Å². The van der Waals surface area contributed by atoms with Gasteiger partial charge in [-0.1, -0.05) is 0 Å². The molecule has 4 aliphatic rings. The first-order valence-corrected chi connectivity index (χ1v) is 21.2. The van der Waals surface area contributed by atoms with Crippen molar-refractivity contribution in [2.24, 2.45) is 0 Å². The Hall–Kier alpha value is -4.80. The molecule has 0 amide bonds. The van der Waals surface area contributed by atoms with E-state index in [0.29, 0.717) is 0 Å². The summed E-state index contributed by atoms with van der Waals surface area (Å²) in [6.07, 6.45) is -31.9. The number of carbonyl (C=O) groups is 8. The van der Waals surface area contributed by atoms with Crippen molar-refractivity contribution < 1.29 is 146 Å². The van der Waals surface area contributed by atoms with E-state index < -0.39 is 197 Å². The van der Waals surface area contributed by atoms with E-state index in [4.69, 9.17) is 71.4 Å². The highest BCUT2D eigenvalue weighted by Crippen LogP contribution is 2.36. The van der Waals surface area contributed by atoms with Gasteiger partial charge in [-0.15, -0.1) is 0 Å². The van der Waals surface area contributed by atoms with Gasteiger partial charge in [0, 0.05) is 55.4 Å². The first-order valence-electron chi connectivity index (χ1n) is 21.2. The third kappa shape index (κ3) is 16.6. The van der Waals surface area contributed by atoms with Crippen LogP contribution >= 0.6 is 0 Å². The summed E-state index contributed by atoms with van der Waals surface area (Å²) in [6, 6.07) is 0. The van der Waals surface area contributed by atoms with Crippen LogP contribution in [-0.4, -0.2) is 238 Å². The van der Waals surface area contributed by atoms with Gasteiger partial charge in [0.2, 0.25) is 12.4 Å². The van der Waals surface area contributed by atoms with Crippen LogP contribution in [-0.2, 0) is 105 Å². The van der Waals surface area contributed by atoms with Crippen molar-refractivity contribution in [2.75, 3.05) is 26.4 Å². The van der Waals surface area contributed by atoms with E-state index >= 15 is 0 Å². The summed E-state index contributed by atoms with van der Waals surface area (Å²) in [5, 5.41) is 76.5. The quantitative estimate of drug-likeness (QED) is 0.0527. The first-order chi connectivity index (χ1) is 32.7. The molecule has 0 saturated carbocycles. The lowest BCUT2D eigenvalue weighted by Gasteiger charge is -2.48. The van der Waals surface area contributed by atoms with Crippen LogP contribution in [0, 0.1) is 0 Å². The van der Waals surface area contributed by atoms with E-state index in [1.54, 1.807) is 0 Å². The molecular formula is C40H60O30. The van der Waals surface area contributed by atoms with E-state index in [1.165, 1.54) is 0 Å². The molecule has 4 fully saturated rings. The number of aliphatic hydroxyl groups excluding tert-OH is 8. The number of esters is 8. The van der Waals surface area contributed by atoms with Crippen LogP contribution in [0.2, 0.25) is 0 Å². The van der Waals surface area contributed by atoms with E-state index in [0.717, 1.165) is 55.4 Å². The van der Waals surface area contributed by atoms with Gasteiger partial charge in [-0.2, -0.15) is 0 Å². The van der Waals surface area contributed by atoms with Crippen molar-refractivity contribution in [3.8, 4) is 0 Å². The lowest BCUT2D eigenvalue weighted by molar-refractivity contribution is -0.357. The topological polar surface area (TPSA) is 428 Å². The minimum absolute atomic E-state index is 0.590. The molecule has 0 radical (unpaired) electrons. The SMILES string of the molecule is CC(=O)OC[C@H]1O[C@@H](O[C@H]2[C@H](OC(C)=O)[C@@H](OC(C)=O)[C@H](OC(C)=O)O[C@@H]2COC(C)=O)[C@H](OC(C)=O)[C@@H](OC(C)=O)[C@@H]1OC(C)=O.OC[C@H]1O[C@@H](O[C@H]2[C@H](O)[C@@H](O)[C@H](O)O[C@@H]2CO)[C@H](O)[C@@H](O)[C@@H]1O. The molecule has 0 aromatic rings. The molecule has 4 saturated heterocycles. The van der Waals surface area contributed by atoms with Gasteiger partial charge in [0.1, 0.15) is 80.4 Å². The average Bonchev–Trinajstić information content (AvgIpc) is 3.25. The summed E-state index contributed by atoms with van der Waals surface area (Å²) < 4.78 is 75.4. The van der Waals surface area contributed by atoms with Gasteiger partial charge in [0.25, 0.3) is 0 Å². The second-order valence-electron chi connectivity index (χ2n) is 15.8. The zero-order valence-corrected chi connectivity index (χ0v) is 38.9. The van der Waals surface area contributed by atoms with E-state index in [9.17, 15) is 74.1 Å². The van der Waals surface area contributed by atoms with Crippen LogP contribution in [0.5, 0.6) is 0 Å². The van der Waals surface area contributed by atoms with Crippen LogP contribution < -0.4 is 0 Å². The maximum absolute atomic E-state index is 12.3. The molecule has 4 heterocycles. The maximum Gasteiger partial charge on any atom is 0.305 e. The van der Waals surface area contributed by atoms with Gasteiger partial charge >= 0.3 is 47.8 Å². The minimum Gasteiger partial charge on any atom is -0.463 e. The fourth-order valence-electron chi connectivity index (χ4n) is 7.30. The Morgan fingerprint density at radius 3 is 1.19 bits per heavy atom. The highest BCUT2D eigenvalue weighted by molar-refractivity contribution is 5.70. The molecule has 0 bridgehead atoms. The molecule has 8 N–H and O–H groups in total. The molecule has 400 valence electrons. The molecule has 70 heavy (non-hydrogen) atoms. The van der Waals surface area contributed by atoms with E-state index in [1.807, 2.05) is 0 Å². The van der Waals surface area contributed by atoms with Crippen molar-refractivity contribution in [1.29, 1.82) is 0 Å². The summed E-state index contributed by atoms with van der Waals surface area (Å²) in [5.74, 6) is -7.02. The molecule has 0 aliphatic carbocycles. The van der Waals surface area contributed by atoms with Crippen LogP contribution in [0.4, 0.5) is 0 Å². The minimum atomic E-state index is -1.83. The zero-order valence-electron chi connectivity index (χ0n) is 38.9. The fourth-order valence-corrected chi connectivity index (χ4v) is 7.30. The first kappa shape index (κ1) is 59.5. The van der Waals surface area contributed by atoms with E-state index in [-0.39, 0.29) is 0 Å². The molecule has 0 unspecified atom stereocenters. The Labute approximate surface area is 397 Å². The lowest BCUT2D eigenvalue weighted by Crippen LogP contribution is -2.67. The van der Waals surface area contributed by atoms with Crippen molar-refractivity contribution in [2.45, 2.75) is 178 Å². The molecule has 20 atom stereocenters. The zero-order chi connectivity index (χ0) is 52.9. The Bertz CT molecular complexity index is 1790. The molecule has 0 aromatic heterocycles. The Balaban J connectivity index is 0.000000468. The van der Waals surface area contributed by atoms with Crippen molar-refractivity contribution in [1.82, 2.24) is 0 Å². The van der Waals surface area contributed by atoms with Crippen molar-refractivity contribution >= 4 is 47.8 Å². The fraction of sp³-hybridized carbons (Fsp3) is 0.800. The Morgan fingerprint density at radius 1 is 0.343 bits per heavy atom. The van der Waals surface area contributed by atoms with Crippen molar-refractivity contribution in [3.63, 3.8) is 0 Å². The summed E-state index contributed by atoms with van der Waals surface area (Å²) >= 11 is 0. The molecule has 4 rings (SSSR count). The summed E-state index contributed by atoms with van der Waals surface area (Å²) in [7, 11) is 0. The predicted molar refractivity (Wildman–Crippen MR) is 214 cm³/mol. The normalized spacial score (nSPS) is 37.1. The van der Waals surface area contributed by atoms with Crippen LogP contribution in [0.3, 0.4) is 0 Å².